The number of nitrogen functional groups attached to an aromatic ring is 1. The van der Waals surface area contributed by atoms with Crippen LogP contribution < -0.4 is 16.4 Å². The van der Waals surface area contributed by atoms with Crippen LogP contribution in [0.5, 0.6) is 0 Å². The Balaban J connectivity index is 1.88. The minimum absolute atomic E-state index is 0.258. The van der Waals surface area contributed by atoms with Crippen LogP contribution in [0.1, 0.15) is 31.0 Å². The summed E-state index contributed by atoms with van der Waals surface area (Å²) < 4.78 is 19.9. The van der Waals surface area contributed by atoms with Crippen molar-refractivity contribution >= 4 is 11.8 Å². The van der Waals surface area contributed by atoms with Gasteiger partial charge >= 0.3 is 0 Å². The number of ether oxygens (including phenoxy) is 1. The number of aliphatic imine (C=N–C) groups is 1. The lowest BCUT2D eigenvalue weighted by molar-refractivity contribution is 0.145. The molecule has 0 amide bonds. The molecule has 9 heteroatoms. The summed E-state index contributed by atoms with van der Waals surface area (Å²) in [6.07, 6.45) is 2.23. The van der Waals surface area contributed by atoms with E-state index in [0.29, 0.717) is 29.9 Å². The first-order valence-corrected chi connectivity index (χ1v) is 9.66. The highest BCUT2D eigenvalue weighted by molar-refractivity contribution is 5.79. The first-order chi connectivity index (χ1) is 14.1. The predicted molar refractivity (Wildman–Crippen MR) is 111 cm³/mol. The lowest BCUT2D eigenvalue weighted by Gasteiger charge is -2.11. The number of nitrogens with two attached hydrogens (primary N) is 1. The lowest BCUT2D eigenvalue weighted by Crippen LogP contribution is -2.38. The van der Waals surface area contributed by atoms with Crippen molar-refractivity contribution < 1.29 is 9.13 Å². The van der Waals surface area contributed by atoms with Crippen LogP contribution in [0.15, 0.2) is 29.3 Å². The van der Waals surface area contributed by atoms with E-state index in [1.54, 1.807) is 19.2 Å². The van der Waals surface area contributed by atoms with E-state index >= 15 is 0 Å². The number of nitrogens with one attached hydrogen (secondary N) is 2. The molecular weight excluding hydrogens is 373 g/mol. The SMILES string of the molecule is CCOCCCNC(=NC)NCCCc1nn(-c2ccc(F)cc2)c(N)c1C#N. The average Bonchev–Trinajstić information content (AvgIpc) is 3.05. The topological polar surface area (TPSA) is 113 Å². The van der Waals surface area contributed by atoms with E-state index in [0.717, 1.165) is 38.6 Å². The van der Waals surface area contributed by atoms with Gasteiger partial charge in [0, 0.05) is 33.4 Å². The zero-order valence-corrected chi connectivity index (χ0v) is 16.9. The number of halogens is 1. The van der Waals surface area contributed by atoms with Crippen LogP contribution in [0.4, 0.5) is 10.2 Å². The summed E-state index contributed by atoms with van der Waals surface area (Å²) >= 11 is 0. The van der Waals surface area contributed by atoms with Gasteiger partial charge in [-0.15, -0.1) is 0 Å². The molecule has 29 heavy (non-hydrogen) atoms. The molecule has 1 aromatic carbocycles. The monoisotopic (exact) mass is 401 g/mol. The Hall–Kier alpha value is -3.12. The predicted octanol–water partition coefficient (Wildman–Crippen LogP) is 1.99. The number of benzene rings is 1. The standard InChI is InChI=1S/C20H28FN7O/c1-3-29-13-5-12-26-20(24-2)25-11-4-6-18-17(14-22)19(23)28(27-18)16-9-7-15(21)8-10-16/h7-10H,3-6,11-13,23H2,1-2H3,(H2,24,25,26). The molecule has 4 N–H and O–H groups in total. The first-order valence-electron chi connectivity index (χ1n) is 9.66. The minimum atomic E-state index is -0.342. The highest BCUT2D eigenvalue weighted by atomic mass is 19.1. The first kappa shape index (κ1) is 22.2. The second-order valence-electron chi connectivity index (χ2n) is 6.29. The van der Waals surface area contributed by atoms with Crippen LogP contribution in [0.25, 0.3) is 5.69 Å². The Bertz CT molecular complexity index is 840. The molecule has 0 aliphatic rings. The molecule has 0 aliphatic carbocycles. The fraction of sp³-hybridized carbons (Fsp3) is 0.450. The Labute approximate surface area is 170 Å². The minimum Gasteiger partial charge on any atom is -0.382 e. The van der Waals surface area contributed by atoms with E-state index in [1.165, 1.54) is 16.8 Å². The zero-order valence-electron chi connectivity index (χ0n) is 16.9. The van der Waals surface area contributed by atoms with E-state index in [-0.39, 0.29) is 11.6 Å². The molecule has 156 valence electrons. The maximum atomic E-state index is 13.1. The quantitative estimate of drug-likeness (QED) is 0.319. The molecule has 1 aromatic heterocycles. The largest absolute Gasteiger partial charge is 0.382 e. The van der Waals surface area contributed by atoms with Crippen molar-refractivity contribution in [1.29, 1.82) is 5.26 Å². The molecule has 0 aliphatic heterocycles. The van der Waals surface area contributed by atoms with Gasteiger partial charge in [-0.2, -0.15) is 10.4 Å². The zero-order chi connectivity index (χ0) is 21.1. The molecule has 1 heterocycles. The van der Waals surface area contributed by atoms with Crippen molar-refractivity contribution in [2.45, 2.75) is 26.2 Å². The van der Waals surface area contributed by atoms with Gasteiger partial charge in [-0.05, 0) is 50.5 Å². The van der Waals surface area contributed by atoms with Crippen molar-refractivity contribution in [2.24, 2.45) is 4.99 Å². The van der Waals surface area contributed by atoms with Gasteiger partial charge < -0.3 is 21.1 Å². The normalized spacial score (nSPS) is 11.3. The molecule has 0 saturated carbocycles. The van der Waals surface area contributed by atoms with Crippen molar-refractivity contribution in [3.63, 3.8) is 0 Å². The third-order valence-corrected chi connectivity index (χ3v) is 4.25. The maximum Gasteiger partial charge on any atom is 0.190 e. The molecule has 0 saturated heterocycles. The van der Waals surface area contributed by atoms with Gasteiger partial charge in [0.05, 0.1) is 11.4 Å². The van der Waals surface area contributed by atoms with Crippen LogP contribution in [0, 0.1) is 17.1 Å². The van der Waals surface area contributed by atoms with E-state index in [1.807, 2.05) is 6.92 Å². The van der Waals surface area contributed by atoms with E-state index in [2.05, 4.69) is 26.8 Å². The van der Waals surface area contributed by atoms with Crippen LogP contribution in [0.2, 0.25) is 0 Å². The van der Waals surface area contributed by atoms with Crippen molar-refractivity contribution in [3.05, 3.63) is 41.3 Å². The number of nitriles is 1. The number of aromatic nitrogens is 2. The molecule has 0 spiro atoms. The van der Waals surface area contributed by atoms with Crippen LogP contribution >= 0.6 is 0 Å². The van der Waals surface area contributed by atoms with Gasteiger partial charge in [0.1, 0.15) is 23.3 Å². The van der Waals surface area contributed by atoms with Crippen LogP contribution in [-0.2, 0) is 11.2 Å². The summed E-state index contributed by atoms with van der Waals surface area (Å²) in [5.74, 6) is 0.637. The fourth-order valence-electron chi connectivity index (χ4n) is 2.76. The molecule has 0 bridgehead atoms. The number of nitrogens with zero attached hydrogens (tertiary/aromatic N) is 4. The Morgan fingerprint density at radius 2 is 1.97 bits per heavy atom. The maximum absolute atomic E-state index is 13.1. The Kier molecular flexibility index (Phi) is 8.92. The molecule has 8 nitrogen and oxygen atoms in total. The third-order valence-electron chi connectivity index (χ3n) is 4.25. The van der Waals surface area contributed by atoms with Crippen LogP contribution in [-0.4, -0.2) is 49.1 Å². The van der Waals surface area contributed by atoms with Gasteiger partial charge in [-0.25, -0.2) is 9.07 Å². The van der Waals surface area contributed by atoms with Gasteiger partial charge in [-0.1, -0.05) is 0 Å². The smallest absolute Gasteiger partial charge is 0.190 e. The summed E-state index contributed by atoms with van der Waals surface area (Å²) in [6, 6.07) is 7.94. The summed E-state index contributed by atoms with van der Waals surface area (Å²) in [4.78, 5) is 4.18. The summed E-state index contributed by atoms with van der Waals surface area (Å²) in [5, 5.41) is 20.4. The Morgan fingerprint density at radius 1 is 1.28 bits per heavy atom. The highest BCUT2D eigenvalue weighted by Gasteiger charge is 2.16. The second kappa shape index (κ2) is 11.7. The number of guanidine groups is 1. The van der Waals surface area contributed by atoms with E-state index in [4.69, 9.17) is 10.5 Å². The van der Waals surface area contributed by atoms with Crippen molar-refractivity contribution in [2.75, 3.05) is 39.1 Å². The van der Waals surface area contributed by atoms with Gasteiger partial charge in [0.2, 0.25) is 0 Å². The van der Waals surface area contributed by atoms with E-state index in [9.17, 15) is 9.65 Å². The van der Waals surface area contributed by atoms with E-state index < -0.39 is 0 Å². The molecule has 0 atom stereocenters. The van der Waals surface area contributed by atoms with Gasteiger partial charge in [-0.3, -0.25) is 4.99 Å². The lowest BCUT2D eigenvalue weighted by atomic mass is 10.1. The molecule has 0 radical (unpaired) electrons. The van der Waals surface area contributed by atoms with Gasteiger partial charge in [0.15, 0.2) is 5.96 Å². The third kappa shape index (κ3) is 6.47. The number of anilines is 1. The highest BCUT2D eigenvalue weighted by Crippen LogP contribution is 2.21. The molecule has 2 aromatic rings. The molecule has 0 unspecified atom stereocenters. The summed E-state index contributed by atoms with van der Waals surface area (Å²) in [6.45, 7) is 4.85. The molecule has 0 fully saturated rings. The number of rotatable bonds is 10. The van der Waals surface area contributed by atoms with Gasteiger partial charge in [0.25, 0.3) is 0 Å². The number of hydrogen-bond donors (Lipinski definition) is 3. The summed E-state index contributed by atoms with van der Waals surface area (Å²) in [7, 11) is 1.72. The van der Waals surface area contributed by atoms with Crippen LogP contribution in [0.3, 0.4) is 0 Å². The number of hydrogen-bond acceptors (Lipinski definition) is 5. The average molecular weight is 401 g/mol. The number of aryl methyl sites for hydroxylation is 1. The fourth-order valence-corrected chi connectivity index (χ4v) is 2.76. The van der Waals surface area contributed by atoms with Crippen molar-refractivity contribution in [1.82, 2.24) is 20.4 Å². The Morgan fingerprint density at radius 3 is 2.59 bits per heavy atom. The summed E-state index contributed by atoms with van der Waals surface area (Å²) in [5.41, 5.74) is 7.67. The molecular formula is C20H28FN7O. The second-order valence-corrected chi connectivity index (χ2v) is 6.29. The van der Waals surface area contributed by atoms with Crippen molar-refractivity contribution in [3.8, 4) is 11.8 Å². The molecule has 2 rings (SSSR count).